The predicted molar refractivity (Wildman–Crippen MR) is 80.6 cm³/mol. The molecule has 1 unspecified atom stereocenters. The summed E-state index contributed by atoms with van der Waals surface area (Å²) in [5.41, 5.74) is 7.04. The second-order valence-corrected chi connectivity index (χ2v) is 5.96. The zero-order chi connectivity index (χ0) is 12.3. The van der Waals surface area contributed by atoms with E-state index in [0.29, 0.717) is 6.54 Å². The van der Waals surface area contributed by atoms with Gasteiger partial charge in [-0.3, -0.25) is 0 Å². The van der Waals surface area contributed by atoms with E-state index in [1.165, 1.54) is 14.0 Å². The van der Waals surface area contributed by atoms with Gasteiger partial charge in [-0.05, 0) is 70.8 Å². The molecule has 0 radical (unpaired) electrons. The van der Waals surface area contributed by atoms with Gasteiger partial charge in [0.05, 0.1) is 0 Å². The molecule has 0 spiro atoms. The van der Waals surface area contributed by atoms with Crippen molar-refractivity contribution in [1.82, 2.24) is 0 Å². The summed E-state index contributed by atoms with van der Waals surface area (Å²) in [6.07, 6.45) is -0.0462. The van der Waals surface area contributed by atoms with Gasteiger partial charge in [0, 0.05) is 15.0 Å². The van der Waals surface area contributed by atoms with Gasteiger partial charge in [-0.25, -0.2) is 0 Å². The molecule has 2 N–H and O–H groups in total. The van der Waals surface area contributed by atoms with E-state index in [1.807, 2.05) is 24.3 Å². The molecule has 0 amide bonds. The first-order chi connectivity index (χ1) is 8.20. The molecule has 2 aromatic rings. The van der Waals surface area contributed by atoms with Crippen LogP contribution in [-0.2, 0) is 0 Å². The lowest BCUT2D eigenvalue weighted by Crippen LogP contribution is -2.18. The number of benzene rings is 1. The number of rotatable bonds is 4. The van der Waals surface area contributed by atoms with Crippen LogP contribution in [0.4, 0.5) is 0 Å². The van der Waals surface area contributed by atoms with Crippen LogP contribution >= 0.6 is 33.9 Å². The van der Waals surface area contributed by atoms with Crippen molar-refractivity contribution >= 4 is 33.9 Å². The largest absolute Gasteiger partial charge is 0.484 e. The van der Waals surface area contributed by atoms with Crippen LogP contribution in [0.1, 0.15) is 16.5 Å². The van der Waals surface area contributed by atoms with Crippen molar-refractivity contribution < 1.29 is 4.74 Å². The van der Waals surface area contributed by atoms with E-state index in [2.05, 4.69) is 41.0 Å². The lowest BCUT2D eigenvalue weighted by molar-refractivity contribution is 0.217. The molecule has 1 aromatic heterocycles. The van der Waals surface area contributed by atoms with E-state index in [1.54, 1.807) is 11.3 Å². The molecule has 0 aliphatic heterocycles. The van der Waals surface area contributed by atoms with Gasteiger partial charge in [0.1, 0.15) is 11.9 Å². The average Bonchev–Trinajstić information content (AvgIpc) is 2.75. The number of ether oxygens (including phenoxy) is 1. The summed E-state index contributed by atoms with van der Waals surface area (Å²) in [5, 5.41) is 2.07. The highest BCUT2D eigenvalue weighted by Crippen LogP contribution is 2.28. The lowest BCUT2D eigenvalue weighted by Gasteiger charge is -2.17. The minimum absolute atomic E-state index is 0.0462. The summed E-state index contributed by atoms with van der Waals surface area (Å²) in [7, 11) is 0. The van der Waals surface area contributed by atoms with Crippen LogP contribution in [0.3, 0.4) is 0 Å². The topological polar surface area (TPSA) is 35.2 Å². The molecule has 0 aliphatic rings. The molecular weight excluding hydrogens is 345 g/mol. The minimum Gasteiger partial charge on any atom is -0.484 e. The molecule has 0 fully saturated rings. The van der Waals surface area contributed by atoms with Crippen LogP contribution in [0.25, 0.3) is 0 Å². The van der Waals surface area contributed by atoms with Crippen molar-refractivity contribution in [2.24, 2.45) is 5.73 Å². The van der Waals surface area contributed by atoms with Crippen molar-refractivity contribution in [3.63, 3.8) is 0 Å². The molecular formula is C13H14INOS. The van der Waals surface area contributed by atoms with Gasteiger partial charge in [-0.15, -0.1) is 11.3 Å². The number of hydrogen-bond donors (Lipinski definition) is 1. The average molecular weight is 359 g/mol. The molecule has 1 atom stereocenters. The third-order valence-electron chi connectivity index (χ3n) is 2.50. The van der Waals surface area contributed by atoms with Crippen LogP contribution in [-0.4, -0.2) is 6.54 Å². The molecule has 0 aliphatic carbocycles. The Bertz CT molecular complexity index is 480. The van der Waals surface area contributed by atoms with Crippen molar-refractivity contribution in [3.05, 3.63) is 49.7 Å². The van der Waals surface area contributed by atoms with Crippen molar-refractivity contribution in [2.75, 3.05) is 6.54 Å². The number of nitrogens with two attached hydrogens (primary N) is 1. The Morgan fingerprint density at radius 3 is 2.53 bits per heavy atom. The molecule has 0 saturated carbocycles. The molecule has 90 valence electrons. The highest BCUT2D eigenvalue weighted by atomic mass is 127. The third-order valence-corrected chi connectivity index (χ3v) is 4.33. The highest BCUT2D eigenvalue weighted by Gasteiger charge is 2.15. The zero-order valence-corrected chi connectivity index (χ0v) is 12.5. The maximum atomic E-state index is 5.93. The molecule has 0 saturated heterocycles. The Morgan fingerprint density at radius 1 is 1.29 bits per heavy atom. The number of aryl methyl sites for hydroxylation is 1. The Hall–Kier alpha value is -0.590. The maximum Gasteiger partial charge on any atom is 0.145 e. The minimum atomic E-state index is -0.0462. The summed E-state index contributed by atoms with van der Waals surface area (Å²) in [6, 6.07) is 10.1. The van der Waals surface area contributed by atoms with E-state index in [4.69, 9.17) is 10.5 Å². The summed E-state index contributed by atoms with van der Waals surface area (Å²) >= 11 is 3.98. The fourth-order valence-electron chi connectivity index (χ4n) is 1.60. The molecule has 1 heterocycles. The molecule has 2 rings (SSSR count). The quantitative estimate of drug-likeness (QED) is 0.845. The van der Waals surface area contributed by atoms with Crippen LogP contribution in [0.5, 0.6) is 5.75 Å². The molecule has 17 heavy (non-hydrogen) atoms. The van der Waals surface area contributed by atoms with Gasteiger partial charge in [0.2, 0.25) is 0 Å². The Balaban J connectivity index is 2.16. The van der Waals surface area contributed by atoms with Crippen molar-refractivity contribution in [2.45, 2.75) is 13.0 Å². The Labute approximate surface area is 119 Å². The van der Waals surface area contributed by atoms with Gasteiger partial charge < -0.3 is 10.5 Å². The molecule has 2 nitrogen and oxygen atoms in total. The van der Waals surface area contributed by atoms with Gasteiger partial charge in [-0.1, -0.05) is 0 Å². The zero-order valence-electron chi connectivity index (χ0n) is 9.52. The van der Waals surface area contributed by atoms with E-state index in [0.717, 1.165) is 5.75 Å². The second-order valence-electron chi connectivity index (χ2n) is 3.76. The SMILES string of the molecule is Cc1ccsc1C(CN)Oc1ccc(I)cc1. The number of hydrogen-bond acceptors (Lipinski definition) is 3. The van der Waals surface area contributed by atoms with Crippen LogP contribution in [0, 0.1) is 10.5 Å². The van der Waals surface area contributed by atoms with Crippen LogP contribution in [0.15, 0.2) is 35.7 Å². The predicted octanol–water partition coefficient (Wildman–Crippen LogP) is 3.74. The standard InChI is InChI=1S/C13H14INOS/c1-9-6-7-17-13(9)12(8-15)16-11-4-2-10(14)3-5-11/h2-7,12H,8,15H2,1H3. The van der Waals surface area contributed by atoms with Gasteiger partial charge >= 0.3 is 0 Å². The first kappa shape index (κ1) is 12.9. The first-order valence-corrected chi connectivity index (χ1v) is 7.33. The van der Waals surface area contributed by atoms with Crippen molar-refractivity contribution in [1.29, 1.82) is 0 Å². The normalized spacial score (nSPS) is 12.4. The fraction of sp³-hybridized carbons (Fsp3) is 0.231. The fourth-order valence-corrected chi connectivity index (χ4v) is 2.93. The van der Waals surface area contributed by atoms with Crippen LogP contribution in [0.2, 0.25) is 0 Å². The summed E-state index contributed by atoms with van der Waals surface area (Å²) in [4.78, 5) is 1.21. The monoisotopic (exact) mass is 359 g/mol. The van der Waals surface area contributed by atoms with E-state index in [9.17, 15) is 0 Å². The number of thiophene rings is 1. The van der Waals surface area contributed by atoms with Crippen LogP contribution < -0.4 is 10.5 Å². The number of halogens is 1. The summed E-state index contributed by atoms with van der Waals surface area (Å²) in [6.45, 7) is 2.58. The Kier molecular flexibility index (Phi) is 4.42. The van der Waals surface area contributed by atoms with Gasteiger partial charge in [0.25, 0.3) is 0 Å². The Morgan fingerprint density at radius 2 is 2.00 bits per heavy atom. The summed E-state index contributed by atoms with van der Waals surface area (Å²) < 4.78 is 7.13. The molecule has 1 aromatic carbocycles. The van der Waals surface area contributed by atoms with Gasteiger partial charge in [-0.2, -0.15) is 0 Å². The van der Waals surface area contributed by atoms with Gasteiger partial charge in [0.15, 0.2) is 0 Å². The first-order valence-electron chi connectivity index (χ1n) is 5.37. The summed E-state index contributed by atoms with van der Waals surface area (Å²) in [5.74, 6) is 0.869. The highest BCUT2D eigenvalue weighted by molar-refractivity contribution is 14.1. The molecule has 0 bridgehead atoms. The van der Waals surface area contributed by atoms with E-state index < -0.39 is 0 Å². The lowest BCUT2D eigenvalue weighted by atomic mass is 10.2. The van der Waals surface area contributed by atoms with E-state index in [-0.39, 0.29) is 6.10 Å². The van der Waals surface area contributed by atoms with Crippen molar-refractivity contribution in [3.8, 4) is 5.75 Å². The second kappa shape index (κ2) is 5.84. The smallest absolute Gasteiger partial charge is 0.145 e. The third kappa shape index (κ3) is 3.20. The van der Waals surface area contributed by atoms with E-state index >= 15 is 0 Å². The molecule has 4 heteroatoms. The maximum absolute atomic E-state index is 5.93.